The number of piperidine rings is 1. The monoisotopic (exact) mass is 328 g/mol. The average molecular weight is 329 g/mol. The maximum Gasteiger partial charge on any atom is 0.276 e. The van der Waals surface area contributed by atoms with Crippen LogP contribution in [0.5, 0.6) is 0 Å². The summed E-state index contributed by atoms with van der Waals surface area (Å²) in [7, 11) is 0. The van der Waals surface area contributed by atoms with Crippen molar-refractivity contribution >= 4 is 21.6 Å². The van der Waals surface area contributed by atoms with Crippen molar-refractivity contribution in [2.75, 3.05) is 13.1 Å². The van der Waals surface area contributed by atoms with Crippen LogP contribution >= 0.6 is 15.9 Å². The van der Waals surface area contributed by atoms with Gasteiger partial charge in [0.15, 0.2) is 0 Å². The minimum absolute atomic E-state index is 0.103. The normalized spacial score (nSPS) is 23.3. The highest BCUT2D eigenvalue weighted by Crippen LogP contribution is 2.25. The Labute approximate surface area is 120 Å². The zero-order valence-electron chi connectivity index (χ0n) is 10.8. The quantitative estimate of drug-likeness (QED) is 0.681. The van der Waals surface area contributed by atoms with Gasteiger partial charge in [-0.05, 0) is 31.0 Å². The number of hydrogen-bond acceptors (Lipinski definition) is 4. The van der Waals surface area contributed by atoms with E-state index >= 15 is 0 Å². The Morgan fingerprint density at radius 1 is 1.58 bits per heavy atom. The van der Waals surface area contributed by atoms with Crippen LogP contribution in [0, 0.1) is 16.0 Å². The van der Waals surface area contributed by atoms with Gasteiger partial charge in [0.05, 0.1) is 23.2 Å². The number of ether oxygens (including phenoxy) is 1. The molecule has 0 bridgehead atoms. The fourth-order valence-corrected chi connectivity index (χ4v) is 2.56. The summed E-state index contributed by atoms with van der Waals surface area (Å²) in [6, 6.07) is 5.05. The SMILES string of the molecule is CC1CCNCC1OCc1ccc(Br)cc1[N+](=O)[O-]. The van der Waals surface area contributed by atoms with Crippen molar-refractivity contribution in [1.82, 2.24) is 5.32 Å². The second kappa shape index (κ2) is 6.45. The van der Waals surface area contributed by atoms with Crippen LogP contribution in [-0.4, -0.2) is 24.1 Å². The maximum absolute atomic E-state index is 11.0. The van der Waals surface area contributed by atoms with Gasteiger partial charge in [-0.25, -0.2) is 0 Å². The number of benzene rings is 1. The summed E-state index contributed by atoms with van der Waals surface area (Å²) in [5.74, 6) is 0.482. The number of hydrogen-bond donors (Lipinski definition) is 1. The Hall–Kier alpha value is -0.980. The van der Waals surface area contributed by atoms with Crippen molar-refractivity contribution in [2.45, 2.75) is 26.1 Å². The van der Waals surface area contributed by atoms with Crippen molar-refractivity contribution in [3.63, 3.8) is 0 Å². The van der Waals surface area contributed by atoms with Crippen molar-refractivity contribution in [3.05, 3.63) is 38.3 Å². The molecule has 104 valence electrons. The van der Waals surface area contributed by atoms with Crippen LogP contribution in [0.1, 0.15) is 18.9 Å². The highest BCUT2D eigenvalue weighted by atomic mass is 79.9. The minimum Gasteiger partial charge on any atom is -0.372 e. The number of rotatable bonds is 4. The van der Waals surface area contributed by atoms with Crippen LogP contribution in [-0.2, 0) is 11.3 Å². The molecule has 0 aromatic heterocycles. The summed E-state index contributed by atoms with van der Waals surface area (Å²) in [5, 5.41) is 14.3. The number of halogens is 1. The van der Waals surface area contributed by atoms with Crippen LogP contribution < -0.4 is 5.32 Å². The van der Waals surface area contributed by atoms with E-state index in [1.54, 1.807) is 12.1 Å². The molecule has 6 heteroatoms. The number of nitro groups is 1. The van der Waals surface area contributed by atoms with Gasteiger partial charge in [-0.2, -0.15) is 0 Å². The standard InChI is InChI=1S/C13H17BrN2O3/c1-9-4-5-15-7-13(9)19-8-10-2-3-11(14)6-12(10)16(17)18/h2-3,6,9,13,15H,4-5,7-8H2,1H3. The van der Waals surface area contributed by atoms with Gasteiger partial charge < -0.3 is 10.1 Å². The minimum atomic E-state index is -0.369. The molecule has 0 aliphatic carbocycles. The molecule has 1 aliphatic heterocycles. The molecule has 19 heavy (non-hydrogen) atoms. The predicted molar refractivity (Wildman–Crippen MR) is 76.0 cm³/mol. The molecule has 1 aliphatic rings. The first-order valence-electron chi connectivity index (χ1n) is 6.33. The zero-order chi connectivity index (χ0) is 13.8. The summed E-state index contributed by atoms with van der Waals surface area (Å²) in [4.78, 5) is 10.6. The third kappa shape index (κ3) is 3.75. The van der Waals surface area contributed by atoms with E-state index in [0.29, 0.717) is 16.0 Å². The lowest BCUT2D eigenvalue weighted by molar-refractivity contribution is -0.386. The topological polar surface area (TPSA) is 64.4 Å². The van der Waals surface area contributed by atoms with Gasteiger partial charge in [0.25, 0.3) is 5.69 Å². The van der Waals surface area contributed by atoms with Crippen molar-refractivity contribution in [3.8, 4) is 0 Å². The summed E-state index contributed by atoms with van der Waals surface area (Å²) in [6.07, 6.45) is 1.20. The molecule has 0 spiro atoms. The fraction of sp³-hybridized carbons (Fsp3) is 0.538. The van der Waals surface area contributed by atoms with Gasteiger partial charge in [-0.3, -0.25) is 10.1 Å². The van der Waals surface area contributed by atoms with Crippen LogP contribution in [0.3, 0.4) is 0 Å². The second-order valence-corrected chi connectivity index (χ2v) is 5.77. The highest BCUT2D eigenvalue weighted by Gasteiger charge is 2.23. The first kappa shape index (κ1) is 14.4. The van der Waals surface area contributed by atoms with E-state index in [1.165, 1.54) is 6.07 Å². The molecular formula is C13H17BrN2O3. The number of nitro benzene ring substituents is 1. The highest BCUT2D eigenvalue weighted by molar-refractivity contribution is 9.10. The Morgan fingerprint density at radius 3 is 3.05 bits per heavy atom. The summed E-state index contributed by atoms with van der Waals surface area (Å²) < 4.78 is 6.53. The van der Waals surface area contributed by atoms with Crippen LogP contribution in [0.4, 0.5) is 5.69 Å². The molecule has 0 amide bonds. The molecule has 1 saturated heterocycles. The van der Waals surface area contributed by atoms with Gasteiger partial charge in [0, 0.05) is 17.1 Å². The van der Waals surface area contributed by atoms with Gasteiger partial charge in [-0.15, -0.1) is 0 Å². The van der Waals surface area contributed by atoms with Gasteiger partial charge in [-0.1, -0.05) is 22.9 Å². The molecule has 2 atom stereocenters. The number of nitrogens with one attached hydrogen (secondary N) is 1. The first-order chi connectivity index (χ1) is 9.08. The van der Waals surface area contributed by atoms with Gasteiger partial charge in [0.2, 0.25) is 0 Å². The van der Waals surface area contributed by atoms with Gasteiger partial charge in [0.1, 0.15) is 0 Å². The van der Waals surface area contributed by atoms with Gasteiger partial charge >= 0.3 is 0 Å². The van der Waals surface area contributed by atoms with E-state index < -0.39 is 0 Å². The van der Waals surface area contributed by atoms with E-state index in [2.05, 4.69) is 28.2 Å². The fourth-order valence-electron chi connectivity index (χ4n) is 2.21. The first-order valence-corrected chi connectivity index (χ1v) is 7.12. The van der Waals surface area contributed by atoms with Crippen molar-refractivity contribution in [1.29, 1.82) is 0 Å². The van der Waals surface area contributed by atoms with Crippen molar-refractivity contribution in [2.24, 2.45) is 5.92 Å². The lowest BCUT2D eigenvalue weighted by atomic mass is 9.97. The Kier molecular flexibility index (Phi) is 4.90. The van der Waals surface area contributed by atoms with Crippen LogP contribution in [0.15, 0.2) is 22.7 Å². The zero-order valence-corrected chi connectivity index (χ0v) is 12.4. The van der Waals surface area contributed by atoms with E-state index in [1.807, 2.05) is 0 Å². The lowest BCUT2D eigenvalue weighted by Crippen LogP contribution is -2.40. The molecule has 2 unspecified atom stereocenters. The summed E-state index contributed by atoms with van der Waals surface area (Å²) in [5.41, 5.74) is 0.719. The molecule has 1 aromatic carbocycles. The van der Waals surface area contributed by atoms with E-state index in [-0.39, 0.29) is 23.3 Å². The molecular weight excluding hydrogens is 312 g/mol. The Bertz CT molecular complexity index is 467. The summed E-state index contributed by atoms with van der Waals surface area (Å²) in [6.45, 7) is 4.26. The molecule has 5 nitrogen and oxygen atoms in total. The Morgan fingerprint density at radius 2 is 2.37 bits per heavy atom. The smallest absolute Gasteiger partial charge is 0.276 e. The third-order valence-electron chi connectivity index (χ3n) is 3.45. The Balaban J connectivity index is 2.04. The van der Waals surface area contributed by atoms with Crippen molar-refractivity contribution < 1.29 is 9.66 Å². The molecule has 1 fully saturated rings. The largest absolute Gasteiger partial charge is 0.372 e. The third-order valence-corrected chi connectivity index (χ3v) is 3.95. The van der Waals surface area contributed by atoms with E-state index in [9.17, 15) is 10.1 Å². The summed E-state index contributed by atoms with van der Waals surface area (Å²) >= 11 is 3.25. The predicted octanol–water partition coefficient (Wildman–Crippen LogP) is 2.87. The molecule has 0 saturated carbocycles. The van der Waals surface area contributed by atoms with E-state index in [4.69, 9.17) is 4.74 Å². The molecule has 0 radical (unpaired) electrons. The maximum atomic E-state index is 11.0. The molecule has 1 heterocycles. The van der Waals surface area contributed by atoms with Crippen LogP contribution in [0.2, 0.25) is 0 Å². The molecule has 1 N–H and O–H groups in total. The second-order valence-electron chi connectivity index (χ2n) is 4.85. The van der Waals surface area contributed by atoms with E-state index in [0.717, 1.165) is 19.5 Å². The number of nitrogens with zero attached hydrogens (tertiary/aromatic N) is 1. The van der Waals surface area contributed by atoms with Crippen LogP contribution in [0.25, 0.3) is 0 Å². The average Bonchev–Trinajstić information content (AvgIpc) is 2.38. The lowest BCUT2D eigenvalue weighted by Gasteiger charge is -2.29. The molecule has 2 rings (SSSR count). The molecule has 1 aromatic rings.